The summed E-state index contributed by atoms with van der Waals surface area (Å²) >= 11 is 0. The lowest BCUT2D eigenvalue weighted by Gasteiger charge is -2.15. The normalized spacial score (nSPS) is 12.0. The second-order valence-corrected chi connectivity index (χ2v) is 4.60. The van der Waals surface area contributed by atoms with Gasteiger partial charge in [0.15, 0.2) is 5.82 Å². The second kappa shape index (κ2) is 6.69. The quantitative estimate of drug-likeness (QED) is 0.703. The Morgan fingerprint density at radius 1 is 1.52 bits per heavy atom. The number of carbonyl (C=O) groups is 1. The summed E-state index contributed by atoms with van der Waals surface area (Å²) in [5, 5.41) is 16.2. The summed E-state index contributed by atoms with van der Waals surface area (Å²) in [5.41, 5.74) is 5.67. The molecule has 112 valence electrons. The molecule has 21 heavy (non-hydrogen) atoms. The monoisotopic (exact) mass is 290 g/mol. The first-order valence-electron chi connectivity index (χ1n) is 6.74. The smallest absolute Gasteiger partial charge is 0.326 e. The van der Waals surface area contributed by atoms with Gasteiger partial charge in [0.1, 0.15) is 11.9 Å². The fourth-order valence-electron chi connectivity index (χ4n) is 1.89. The zero-order valence-electron chi connectivity index (χ0n) is 11.7. The second-order valence-electron chi connectivity index (χ2n) is 4.60. The van der Waals surface area contributed by atoms with Gasteiger partial charge in [0.25, 0.3) is 0 Å². The third-order valence-corrected chi connectivity index (χ3v) is 2.94. The predicted octanol–water partition coefficient (Wildman–Crippen LogP) is 1.30. The molecule has 0 aliphatic heterocycles. The molecule has 4 N–H and O–H groups in total. The topological polar surface area (TPSA) is 119 Å². The summed E-state index contributed by atoms with van der Waals surface area (Å²) in [4.78, 5) is 19.3. The number of anilines is 2. The van der Waals surface area contributed by atoms with Crippen molar-refractivity contribution in [2.24, 2.45) is 0 Å². The first-order valence-corrected chi connectivity index (χ1v) is 6.74. The highest BCUT2D eigenvalue weighted by molar-refractivity contribution is 5.77. The van der Waals surface area contributed by atoms with Crippen molar-refractivity contribution in [3.63, 3.8) is 0 Å². The number of unbranched alkanes of at least 4 members (excludes halogenated alkanes) is 1. The number of aliphatic carboxylic acids is 1. The van der Waals surface area contributed by atoms with Gasteiger partial charge >= 0.3 is 5.97 Å². The number of aromatic nitrogens is 4. The minimum absolute atomic E-state index is 0.0603. The first kappa shape index (κ1) is 14.8. The largest absolute Gasteiger partial charge is 0.480 e. The van der Waals surface area contributed by atoms with Crippen molar-refractivity contribution in [3.8, 4) is 5.82 Å². The lowest BCUT2D eigenvalue weighted by molar-refractivity contribution is -0.138. The van der Waals surface area contributed by atoms with Crippen molar-refractivity contribution in [3.05, 3.63) is 24.5 Å². The van der Waals surface area contributed by atoms with Gasteiger partial charge in [0.05, 0.1) is 0 Å². The molecule has 2 aromatic rings. The molecule has 1 unspecified atom stereocenters. The Morgan fingerprint density at radius 3 is 2.95 bits per heavy atom. The average molecular weight is 290 g/mol. The maximum atomic E-state index is 11.3. The molecule has 8 heteroatoms. The van der Waals surface area contributed by atoms with Crippen molar-refractivity contribution in [2.75, 3.05) is 11.1 Å². The summed E-state index contributed by atoms with van der Waals surface area (Å²) in [6, 6.07) is 2.67. The molecule has 0 bridgehead atoms. The van der Waals surface area contributed by atoms with E-state index in [1.165, 1.54) is 4.68 Å². The number of nitrogens with one attached hydrogen (secondary N) is 1. The van der Waals surface area contributed by atoms with Crippen molar-refractivity contribution in [1.29, 1.82) is 0 Å². The van der Waals surface area contributed by atoms with Crippen LogP contribution in [0, 0.1) is 0 Å². The molecule has 0 aliphatic carbocycles. The fourth-order valence-corrected chi connectivity index (χ4v) is 1.89. The average Bonchev–Trinajstić information content (AvgIpc) is 2.96. The molecule has 2 heterocycles. The van der Waals surface area contributed by atoms with Crippen LogP contribution in [0.1, 0.15) is 26.2 Å². The number of rotatable bonds is 7. The van der Waals surface area contributed by atoms with Gasteiger partial charge in [0.2, 0.25) is 5.95 Å². The van der Waals surface area contributed by atoms with Crippen LogP contribution in [0.25, 0.3) is 5.82 Å². The molecule has 8 nitrogen and oxygen atoms in total. The minimum Gasteiger partial charge on any atom is -0.480 e. The highest BCUT2D eigenvalue weighted by Gasteiger charge is 2.17. The lowest BCUT2D eigenvalue weighted by Crippen LogP contribution is -2.29. The van der Waals surface area contributed by atoms with Crippen LogP contribution in [0.2, 0.25) is 0 Å². The van der Waals surface area contributed by atoms with E-state index in [0.717, 1.165) is 12.8 Å². The molecule has 0 aromatic carbocycles. The summed E-state index contributed by atoms with van der Waals surface area (Å²) in [7, 11) is 0. The van der Waals surface area contributed by atoms with Gasteiger partial charge in [-0.15, -0.1) is 0 Å². The molecule has 0 saturated carbocycles. The maximum Gasteiger partial charge on any atom is 0.326 e. The molecule has 0 saturated heterocycles. The van der Waals surface area contributed by atoms with Gasteiger partial charge in [-0.3, -0.25) is 0 Å². The number of hydrogen-bond acceptors (Lipinski definition) is 6. The molecule has 0 radical (unpaired) electrons. The van der Waals surface area contributed by atoms with Crippen molar-refractivity contribution in [2.45, 2.75) is 32.2 Å². The van der Waals surface area contributed by atoms with E-state index in [4.69, 9.17) is 5.73 Å². The number of nitrogens with two attached hydrogens (primary N) is 1. The molecule has 2 rings (SSSR count). The van der Waals surface area contributed by atoms with Gasteiger partial charge in [-0.25, -0.2) is 9.48 Å². The van der Waals surface area contributed by atoms with Crippen molar-refractivity contribution >= 4 is 17.7 Å². The number of carboxylic acids is 1. The van der Waals surface area contributed by atoms with E-state index >= 15 is 0 Å². The number of nitrogen functional groups attached to an aromatic ring is 1. The van der Waals surface area contributed by atoms with Crippen LogP contribution in [0.4, 0.5) is 11.8 Å². The summed E-state index contributed by atoms with van der Waals surface area (Å²) in [5.74, 6) is -0.00228. The maximum absolute atomic E-state index is 11.3. The Bertz CT molecular complexity index is 599. The van der Waals surface area contributed by atoms with E-state index in [9.17, 15) is 9.90 Å². The third-order valence-electron chi connectivity index (χ3n) is 2.94. The van der Waals surface area contributed by atoms with Crippen LogP contribution in [0.3, 0.4) is 0 Å². The van der Waals surface area contributed by atoms with Gasteiger partial charge in [0, 0.05) is 18.5 Å². The summed E-state index contributed by atoms with van der Waals surface area (Å²) in [6.45, 7) is 2.01. The van der Waals surface area contributed by atoms with Gasteiger partial charge in [-0.2, -0.15) is 15.1 Å². The molecule has 0 spiro atoms. The van der Waals surface area contributed by atoms with E-state index in [-0.39, 0.29) is 5.95 Å². The minimum atomic E-state index is -0.915. The first-order chi connectivity index (χ1) is 10.1. The molecule has 0 amide bonds. The van der Waals surface area contributed by atoms with E-state index in [1.54, 1.807) is 24.5 Å². The Balaban J connectivity index is 2.21. The zero-order valence-corrected chi connectivity index (χ0v) is 11.7. The standard InChI is InChI=1S/C13H18N6O2/c1-2-3-5-9(12(20)21)16-10-8-11(18-13(14)17-10)19-7-4-6-15-19/h4,6-9H,2-3,5H2,1H3,(H,20,21)(H3,14,16,17,18). The zero-order chi connectivity index (χ0) is 15.2. The van der Waals surface area contributed by atoms with Crippen LogP contribution in [-0.4, -0.2) is 36.9 Å². The number of hydrogen-bond donors (Lipinski definition) is 3. The van der Waals surface area contributed by atoms with Crippen LogP contribution >= 0.6 is 0 Å². The summed E-state index contributed by atoms with van der Waals surface area (Å²) < 4.78 is 1.53. The Morgan fingerprint density at radius 2 is 2.33 bits per heavy atom. The Kier molecular flexibility index (Phi) is 4.70. The van der Waals surface area contributed by atoms with E-state index in [1.807, 2.05) is 6.92 Å². The van der Waals surface area contributed by atoms with Crippen molar-refractivity contribution < 1.29 is 9.90 Å². The van der Waals surface area contributed by atoms with E-state index < -0.39 is 12.0 Å². The van der Waals surface area contributed by atoms with Crippen LogP contribution in [0.5, 0.6) is 0 Å². The summed E-state index contributed by atoms with van der Waals surface area (Å²) in [6.07, 6.45) is 5.60. The van der Waals surface area contributed by atoms with Crippen LogP contribution in [-0.2, 0) is 4.79 Å². The lowest BCUT2D eigenvalue weighted by atomic mass is 10.1. The molecule has 0 aliphatic rings. The highest BCUT2D eigenvalue weighted by atomic mass is 16.4. The van der Waals surface area contributed by atoms with E-state index in [2.05, 4.69) is 20.4 Å². The van der Waals surface area contributed by atoms with Gasteiger partial charge in [-0.05, 0) is 12.5 Å². The molecule has 1 atom stereocenters. The molecular weight excluding hydrogens is 272 g/mol. The van der Waals surface area contributed by atoms with Gasteiger partial charge in [-0.1, -0.05) is 19.8 Å². The number of carboxylic acid groups (broad SMARTS) is 1. The third kappa shape index (κ3) is 3.91. The Labute approximate surface area is 122 Å². The van der Waals surface area contributed by atoms with Crippen LogP contribution < -0.4 is 11.1 Å². The number of nitrogens with zero attached hydrogens (tertiary/aromatic N) is 4. The fraction of sp³-hybridized carbons (Fsp3) is 0.385. The van der Waals surface area contributed by atoms with Crippen LogP contribution in [0.15, 0.2) is 24.5 Å². The van der Waals surface area contributed by atoms with Gasteiger partial charge < -0.3 is 16.2 Å². The Hall–Kier alpha value is -2.64. The molecular formula is C13H18N6O2. The highest BCUT2D eigenvalue weighted by Crippen LogP contribution is 2.14. The van der Waals surface area contributed by atoms with Crippen molar-refractivity contribution in [1.82, 2.24) is 19.7 Å². The van der Waals surface area contributed by atoms with E-state index in [0.29, 0.717) is 18.1 Å². The molecule has 0 fully saturated rings. The predicted molar refractivity (Wildman–Crippen MR) is 78.1 cm³/mol. The molecule has 2 aromatic heterocycles. The SMILES string of the molecule is CCCCC(Nc1cc(-n2cccn2)nc(N)n1)C(=O)O.